The van der Waals surface area contributed by atoms with Crippen LogP contribution in [-0.2, 0) is 37.1 Å². The van der Waals surface area contributed by atoms with Crippen molar-refractivity contribution in [2.75, 3.05) is 26.2 Å². The van der Waals surface area contributed by atoms with Crippen LogP contribution in [0.15, 0.2) is 101 Å². The predicted octanol–water partition coefficient (Wildman–Crippen LogP) is 6.44. The maximum Gasteiger partial charge on any atom is 0.277 e. The Morgan fingerprint density at radius 3 is 2.25 bits per heavy atom. The number of thioether (sulfide) groups is 1. The molecule has 6 rings (SSSR count). The average molecular weight is 685 g/mol. The van der Waals surface area contributed by atoms with E-state index in [1.165, 1.54) is 36.7 Å². The molecule has 2 aromatic heterocycles. The Kier molecular flexibility index (Phi) is 11.1. The summed E-state index contributed by atoms with van der Waals surface area (Å²) < 4.78 is 17.0. The number of amides is 1. The van der Waals surface area contributed by atoms with Crippen LogP contribution in [0.25, 0.3) is 11.1 Å². The molecular weight excluding hydrogens is 647 g/mol. The molecule has 0 saturated carbocycles. The highest BCUT2D eigenvalue weighted by Crippen LogP contribution is 2.24. The number of rotatable bonds is 13. The van der Waals surface area contributed by atoms with Crippen LogP contribution in [0.5, 0.6) is 0 Å². The van der Waals surface area contributed by atoms with E-state index in [2.05, 4.69) is 39.2 Å². The second-order valence-corrected chi connectivity index (χ2v) is 13.5. The van der Waals surface area contributed by atoms with Crippen LogP contribution in [0.4, 0.5) is 4.39 Å². The molecule has 1 saturated heterocycles. The van der Waals surface area contributed by atoms with Crippen molar-refractivity contribution in [2.24, 2.45) is 7.05 Å². The zero-order valence-corrected chi connectivity index (χ0v) is 28.5. The largest absolute Gasteiger partial charge is 0.336 e. The van der Waals surface area contributed by atoms with Gasteiger partial charge in [0.2, 0.25) is 5.91 Å². The lowest BCUT2D eigenvalue weighted by Crippen LogP contribution is -2.39. The van der Waals surface area contributed by atoms with Crippen molar-refractivity contribution in [3.05, 3.63) is 135 Å². The number of aryl methyl sites for hydroxylation is 1. The summed E-state index contributed by atoms with van der Waals surface area (Å²) in [5.74, 6) is 0.108. The Labute approximate surface area is 289 Å². The summed E-state index contributed by atoms with van der Waals surface area (Å²) in [6.07, 6.45) is 8.06. The van der Waals surface area contributed by atoms with Gasteiger partial charge >= 0.3 is 0 Å². The fourth-order valence-electron chi connectivity index (χ4n) is 5.85. The third-order valence-electron chi connectivity index (χ3n) is 8.51. The minimum atomic E-state index is -0.337. The minimum Gasteiger partial charge on any atom is -0.336 e. The number of nitrogens with zero attached hydrogens (tertiary/aromatic N) is 6. The molecule has 0 spiro atoms. The first-order valence-electron chi connectivity index (χ1n) is 16.1. The molecule has 1 aliphatic rings. The van der Waals surface area contributed by atoms with E-state index >= 15 is 0 Å². The number of carbonyl (C=O) groups excluding carboxylic acids is 1. The van der Waals surface area contributed by atoms with Gasteiger partial charge in [0.25, 0.3) is 5.56 Å². The van der Waals surface area contributed by atoms with Crippen LogP contribution in [0.1, 0.15) is 35.1 Å². The first kappa shape index (κ1) is 33.6. The third kappa shape index (κ3) is 9.00. The van der Waals surface area contributed by atoms with Gasteiger partial charge in [0.1, 0.15) is 12.4 Å². The molecule has 5 aromatic rings. The van der Waals surface area contributed by atoms with E-state index < -0.39 is 0 Å². The summed E-state index contributed by atoms with van der Waals surface area (Å²) in [4.78, 5) is 36.1. The van der Waals surface area contributed by atoms with E-state index in [1.807, 2.05) is 42.4 Å². The highest BCUT2D eigenvalue weighted by atomic mass is 35.5. The molecule has 0 unspecified atom stereocenters. The molecule has 248 valence electrons. The highest BCUT2D eigenvalue weighted by molar-refractivity contribution is 7.98. The van der Waals surface area contributed by atoms with Crippen LogP contribution in [0.2, 0.25) is 5.02 Å². The Bertz CT molecular complexity index is 1890. The van der Waals surface area contributed by atoms with Crippen molar-refractivity contribution < 1.29 is 9.18 Å². The van der Waals surface area contributed by atoms with E-state index in [0.29, 0.717) is 41.0 Å². The van der Waals surface area contributed by atoms with Gasteiger partial charge < -0.3 is 14.4 Å². The van der Waals surface area contributed by atoms with E-state index in [1.54, 1.807) is 33.8 Å². The SMILES string of the molecule is Cn1cc(Cc2cn(CC(=O)N(CCN3CCCC3)Cc3ccc(-c4ccc(Cl)cc4)cc3)c(SCc3ccc(F)cc3)nc2=O)cn1. The lowest BCUT2D eigenvalue weighted by Gasteiger charge is -2.27. The molecular formula is C37H38ClFN6O2S. The number of likely N-dealkylation sites (tertiary alicyclic amines) is 1. The van der Waals surface area contributed by atoms with Crippen molar-refractivity contribution >= 4 is 29.3 Å². The van der Waals surface area contributed by atoms with Crippen molar-refractivity contribution in [1.29, 1.82) is 0 Å². The smallest absolute Gasteiger partial charge is 0.277 e. The molecule has 1 fully saturated rings. The fraction of sp³-hybridized carbons (Fsp3) is 0.297. The molecule has 0 aliphatic carbocycles. The second kappa shape index (κ2) is 15.8. The molecule has 0 bridgehead atoms. The van der Waals surface area contributed by atoms with E-state index in [9.17, 15) is 14.0 Å². The second-order valence-electron chi connectivity index (χ2n) is 12.2. The maximum absolute atomic E-state index is 14.2. The monoisotopic (exact) mass is 684 g/mol. The third-order valence-corrected chi connectivity index (χ3v) is 9.83. The van der Waals surface area contributed by atoms with Crippen molar-refractivity contribution in [1.82, 2.24) is 29.1 Å². The van der Waals surface area contributed by atoms with Gasteiger partial charge in [-0.2, -0.15) is 10.1 Å². The molecule has 1 amide bonds. The van der Waals surface area contributed by atoms with Crippen LogP contribution in [0, 0.1) is 5.82 Å². The van der Waals surface area contributed by atoms with Crippen LogP contribution in [0.3, 0.4) is 0 Å². The minimum absolute atomic E-state index is 0.0297. The van der Waals surface area contributed by atoms with Gasteiger partial charge in [-0.15, -0.1) is 0 Å². The van der Waals surface area contributed by atoms with Gasteiger partial charge in [-0.25, -0.2) is 4.39 Å². The number of carbonyl (C=O) groups is 1. The van der Waals surface area contributed by atoms with Crippen LogP contribution in [-0.4, -0.2) is 61.2 Å². The fourth-order valence-corrected chi connectivity index (χ4v) is 6.90. The Morgan fingerprint density at radius 2 is 1.58 bits per heavy atom. The van der Waals surface area contributed by atoms with Crippen molar-refractivity contribution in [2.45, 2.75) is 43.3 Å². The molecule has 11 heteroatoms. The van der Waals surface area contributed by atoms with E-state index in [4.69, 9.17) is 11.6 Å². The molecule has 0 radical (unpaired) electrons. The van der Waals surface area contributed by atoms with Crippen LogP contribution >= 0.6 is 23.4 Å². The van der Waals surface area contributed by atoms with Crippen LogP contribution < -0.4 is 5.56 Å². The summed E-state index contributed by atoms with van der Waals surface area (Å²) in [6, 6.07) is 22.3. The summed E-state index contributed by atoms with van der Waals surface area (Å²) in [7, 11) is 1.83. The summed E-state index contributed by atoms with van der Waals surface area (Å²) >= 11 is 7.44. The number of benzene rings is 3. The standard InChI is InChI=1S/C37H38ClFN6O2S/c1-42-22-29(21-40-42)20-32-24-45(37(41-36(32)47)48-26-28-6-14-34(39)15-7-28)25-35(46)44(19-18-43-16-2-3-17-43)23-27-4-8-30(9-5-27)31-10-12-33(38)13-11-31/h4-15,21-22,24H,2-3,16-20,23,25-26H2,1H3. The van der Waals surface area contributed by atoms with Crippen molar-refractivity contribution in [3.63, 3.8) is 0 Å². The normalized spacial score (nSPS) is 13.2. The number of aromatic nitrogens is 4. The molecule has 1 aliphatic heterocycles. The summed E-state index contributed by atoms with van der Waals surface area (Å²) in [6.45, 7) is 3.97. The first-order valence-corrected chi connectivity index (χ1v) is 17.5. The van der Waals surface area contributed by atoms with E-state index in [-0.39, 0.29) is 23.8 Å². The maximum atomic E-state index is 14.2. The van der Waals surface area contributed by atoms with E-state index in [0.717, 1.165) is 47.5 Å². The average Bonchev–Trinajstić information content (AvgIpc) is 3.76. The summed E-state index contributed by atoms with van der Waals surface area (Å²) in [5.41, 5.74) is 5.11. The molecule has 48 heavy (non-hydrogen) atoms. The number of hydrogen-bond acceptors (Lipinski definition) is 6. The van der Waals surface area contributed by atoms with Gasteiger partial charge in [-0.1, -0.05) is 71.9 Å². The number of hydrogen-bond donors (Lipinski definition) is 0. The Balaban J connectivity index is 1.24. The molecule has 0 atom stereocenters. The Morgan fingerprint density at radius 1 is 0.917 bits per heavy atom. The molecule has 0 N–H and O–H groups in total. The topological polar surface area (TPSA) is 76.3 Å². The predicted molar refractivity (Wildman–Crippen MR) is 188 cm³/mol. The molecule has 3 heterocycles. The van der Waals surface area contributed by atoms with Gasteiger partial charge in [-0.3, -0.25) is 14.3 Å². The van der Waals surface area contributed by atoms with Gasteiger partial charge in [0.05, 0.1) is 6.20 Å². The molecule has 3 aromatic carbocycles. The number of halogens is 2. The summed E-state index contributed by atoms with van der Waals surface area (Å²) in [5, 5.41) is 5.37. The zero-order chi connectivity index (χ0) is 33.5. The first-order chi connectivity index (χ1) is 23.3. The molecule has 8 nitrogen and oxygen atoms in total. The quantitative estimate of drug-likeness (QED) is 0.105. The van der Waals surface area contributed by atoms with Gasteiger partial charge in [0.15, 0.2) is 5.16 Å². The Hall–Kier alpha value is -4.25. The highest BCUT2D eigenvalue weighted by Gasteiger charge is 2.20. The van der Waals surface area contributed by atoms with Gasteiger partial charge in [-0.05, 0) is 78.0 Å². The zero-order valence-electron chi connectivity index (χ0n) is 26.9. The lowest BCUT2D eigenvalue weighted by atomic mass is 10.0. The van der Waals surface area contributed by atoms with Gasteiger partial charge in [0, 0.05) is 61.8 Å². The lowest BCUT2D eigenvalue weighted by molar-refractivity contribution is -0.132. The van der Waals surface area contributed by atoms with Crippen molar-refractivity contribution in [3.8, 4) is 11.1 Å².